The van der Waals surface area contributed by atoms with Crippen LogP contribution in [0.4, 0.5) is 9.18 Å². The van der Waals surface area contributed by atoms with E-state index < -0.39 is 17.1 Å². The van der Waals surface area contributed by atoms with Crippen molar-refractivity contribution >= 4 is 34.9 Å². The van der Waals surface area contributed by atoms with Crippen LogP contribution in [-0.2, 0) is 4.79 Å². The molecule has 2 aromatic carbocycles. The number of imide groups is 1. The summed E-state index contributed by atoms with van der Waals surface area (Å²) < 4.78 is 13.0. The van der Waals surface area contributed by atoms with Crippen molar-refractivity contribution in [3.05, 3.63) is 69.9 Å². The second-order valence-corrected chi connectivity index (χ2v) is 7.15. The molecule has 0 aliphatic carbocycles. The Labute approximate surface area is 165 Å². The summed E-state index contributed by atoms with van der Waals surface area (Å²) in [6.45, 7) is 1.85. The van der Waals surface area contributed by atoms with Gasteiger partial charge in [-0.15, -0.1) is 0 Å². The summed E-state index contributed by atoms with van der Waals surface area (Å²) >= 11 is 0.792. The highest BCUT2D eigenvalue weighted by Crippen LogP contribution is 2.31. The lowest BCUT2D eigenvalue weighted by Gasteiger charge is -2.13. The van der Waals surface area contributed by atoms with Crippen LogP contribution in [0.1, 0.15) is 21.5 Å². The number of phenols is 1. The van der Waals surface area contributed by atoms with Gasteiger partial charge in [0.1, 0.15) is 11.6 Å². The third kappa shape index (κ3) is 4.40. The molecule has 1 fully saturated rings. The van der Waals surface area contributed by atoms with Gasteiger partial charge < -0.3 is 10.4 Å². The van der Waals surface area contributed by atoms with Crippen molar-refractivity contribution in [1.82, 2.24) is 10.2 Å². The van der Waals surface area contributed by atoms with Gasteiger partial charge in [0, 0.05) is 13.1 Å². The molecule has 3 amide bonds. The van der Waals surface area contributed by atoms with Crippen molar-refractivity contribution in [2.45, 2.75) is 6.92 Å². The number of benzene rings is 2. The van der Waals surface area contributed by atoms with E-state index >= 15 is 0 Å². The zero-order chi connectivity index (χ0) is 20.3. The first-order valence-electron chi connectivity index (χ1n) is 8.44. The van der Waals surface area contributed by atoms with Crippen molar-refractivity contribution in [3.8, 4) is 5.75 Å². The number of carbonyl (C=O) groups is 3. The van der Waals surface area contributed by atoms with E-state index in [0.29, 0.717) is 5.56 Å². The van der Waals surface area contributed by atoms with E-state index in [9.17, 15) is 23.9 Å². The van der Waals surface area contributed by atoms with E-state index in [2.05, 4.69) is 5.32 Å². The summed E-state index contributed by atoms with van der Waals surface area (Å²) in [5, 5.41) is 12.0. The molecule has 28 heavy (non-hydrogen) atoms. The number of hydrogen-bond donors (Lipinski definition) is 2. The fourth-order valence-corrected chi connectivity index (χ4v) is 3.48. The average Bonchev–Trinajstić information content (AvgIpc) is 2.91. The van der Waals surface area contributed by atoms with Crippen molar-refractivity contribution in [2.24, 2.45) is 0 Å². The van der Waals surface area contributed by atoms with Crippen LogP contribution < -0.4 is 5.32 Å². The number of amides is 3. The van der Waals surface area contributed by atoms with Crippen molar-refractivity contribution in [2.75, 3.05) is 13.1 Å². The van der Waals surface area contributed by atoms with Crippen molar-refractivity contribution < 1.29 is 23.9 Å². The Kier molecular flexibility index (Phi) is 5.79. The molecule has 8 heteroatoms. The summed E-state index contributed by atoms with van der Waals surface area (Å²) in [5.74, 6) is -1.48. The molecule has 0 unspecified atom stereocenters. The second kappa shape index (κ2) is 8.26. The number of carbonyl (C=O) groups excluding carboxylic acids is 3. The first-order chi connectivity index (χ1) is 13.3. The molecule has 3 rings (SSSR count). The maximum atomic E-state index is 13.0. The summed E-state index contributed by atoms with van der Waals surface area (Å²) in [7, 11) is 0. The molecule has 144 valence electrons. The normalized spacial score (nSPS) is 15.4. The molecule has 0 bridgehead atoms. The van der Waals surface area contributed by atoms with Crippen LogP contribution in [0.5, 0.6) is 5.75 Å². The molecule has 2 aromatic rings. The maximum Gasteiger partial charge on any atom is 0.293 e. The third-order valence-corrected chi connectivity index (χ3v) is 4.97. The number of hydrogen-bond acceptors (Lipinski definition) is 5. The van der Waals surface area contributed by atoms with Gasteiger partial charge >= 0.3 is 0 Å². The Morgan fingerprint density at radius 2 is 1.93 bits per heavy atom. The molecular formula is C20H17FN2O4S. The quantitative estimate of drug-likeness (QED) is 0.752. The van der Waals surface area contributed by atoms with Gasteiger partial charge in [-0.2, -0.15) is 0 Å². The number of aryl methyl sites for hydroxylation is 1. The Hall–Kier alpha value is -3.13. The molecular weight excluding hydrogens is 383 g/mol. The lowest BCUT2D eigenvalue weighted by Crippen LogP contribution is -2.37. The first kappa shape index (κ1) is 19.6. The van der Waals surface area contributed by atoms with Crippen LogP contribution in [0.2, 0.25) is 0 Å². The minimum atomic E-state index is -0.494. The number of rotatable bonds is 5. The van der Waals surface area contributed by atoms with E-state index in [4.69, 9.17) is 0 Å². The summed E-state index contributed by atoms with van der Waals surface area (Å²) in [6, 6.07) is 10.2. The number of phenolic OH excluding ortho intramolecular Hbond substituents is 1. The minimum absolute atomic E-state index is 0.00376. The van der Waals surface area contributed by atoms with E-state index in [1.54, 1.807) is 13.0 Å². The Balaban J connectivity index is 1.60. The average molecular weight is 400 g/mol. The van der Waals surface area contributed by atoms with Crippen LogP contribution in [0.25, 0.3) is 6.08 Å². The van der Waals surface area contributed by atoms with Crippen LogP contribution in [0, 0.1) is 12.7 Å². The summed E-state index contributed by atoms with van der Waals surface area (Å²) in [6.07, 6.45) is 1.52. The summed E-state index contributed by atoms with van der Waals surface area (Å²) in [5.41, 5.74) is 1.55. The highest BCUT2D eigenvalue weighted by molar-refractivity contribution is 8.18. The zero-order valence-electron chi connectivity index (χ0n) is 14.9. The fourth-order valence-electron chi connectivity index (χ4n) is 2.61. The Morgan fingerprint density at radius 1 is 1.21 bits per heavy atom. The molecule has 0 atom stereocenters. The van der Waals surface area contributed by atoms with E-state index in [-0.39, 0.29) is 35.1 Å². The third-order valence-electron chi connectivity index (χ3n) is 4.06. The van der Waals surface area contributed by atoms with Gasteiger partial charge in [-0.3, -0.25) is 19.3 Å². The lowest BCUT2D eigenvalue weighted by atomic mass is 10.1. The van der Waals surface area contributed by atoms with Gasteiger partial charge in [-0.05, 0) is 60.2 Å². The molecule has 0 spiro atoms. The van der Waals surface area contributed by atoms with Gasteiger partial charge in [0.25, 0.3) is 17.1 Å². The second-order valence-electron chi connectivity index (χ2n) is 6.16. The monoisotopic (exact) mass is 400 g/mol. The van der Waals surface area contributed by atoms with Crippen LogP contribution in [-0.4, -0.2) is 40.1 Å². The SMILES string of the molecule is Cc1ccc(C(=O)NCCN2C(=O)S/C(=C\c3ccc(F)cc3)C2=O)c(O)c1. The van der Waals surface area contributed by atoms with Gasteiger partial charge in [0.2, 0.25) is 0 Å². The van der Waals surface area contributed by atoms with Gasteiger partial charge in [0.05, 0.1) is 10.5 Å². The summed E-state index contributed by atoms with van der Waals surface area (Å²) in [4.78, 5) is 37.9. The Bertz CT molecular complexity index is 973. The number of nitrogens with zero attached hydrogens (tertiary/aromatic N) is 1. The lowest BCUT2D eigenvalue weighted by molar-refractivity contribution is -0.122. The van der Waals surface area contributed by atoms with Crippen LogP contribution >= 0.6 is 11.8 Å². The Morgan fingerprint density at radius 3 is 2.61 bits per heavy atom. The topological polar surface area (TPSA) is 86.7 Å². The molecule has 0 aromatic heterocycles. The van der Waals surface area contributed by atoms with E-state index in [1.807, 2.05) is 0 Å². The predicted octanol–water partition coefficient (Wildman–Crippen LogP) is 3.31. The molecule has 1 aliphatic heterocycles. The molecule has 2 N–H and O–H groups in total. The minimum Gasteiger partial charge on any atom is -0.507 e. The molecule has 1 heterocycles. The predicted molar refractivity (Wildman–Crippen MR) is 104 cm³/mol. The van der Waals surface area contributed by atoms with Gasteiger partial charge in [-0.25, -0.2) is 4.39 Å². The standard InChI is InChI=1S/C20H17FN2O4S/c1-12-2-7-15(16(24)10-12)18(25)22-8-9-23-19(26)17(28-20(23)27)11-13-3-5-14(21)6-4-13/h2-7,10-11,24H,8-9H2,1H3,(H,22,25)/b17-11-. The molecule has 0 saturated carbocycles. The zero-order valence-corrected chi connectivity index (χ0v) is 15.8. The maximum absolute atomic E-state index is 13.0. The number of aromatic hydroxyl groups is 1. The van der Waals surface area contributed by atoms with Crippen LogP contribution in [0.3, 0.4) is 0 Å². The van der Waals surface area contributed by atoms with Gasteiger partial charge in [0.15, 0.2) is 0 Å². The van der Waals surface area contributed by atoms with Gasteiger partial charge in [-0.1, -0.05) is 18.2 Å². The number of halogens is 1. The molecule has 1 saturated heterocycles. The number of thioether (sulfide) groups is 1. The first-order valence-corrected chi connectivity index (χ1v) is 9.25. The largest absolute Gasteiger partial charge is 0.507 e. The highest BCUT2D eigenvalue weighted by Gasteiger charge is 2.34. The molecule has 0 radical (unpaired) electrons. The van der Waals surface area contributed by atoms with Crippen molar-refractivity contribution in [1.29, 1.82) is 0 Å². The smallest absolute Gasteiger partial charge is 0.293 e. The molecule has 6 nitrogen and oxygen atoms in total. The van der Waals surface area contributed by atoms with E-state index in [0.717, 1.165) is 22.2 Å². The number of nitrogens with one attached hydrogen (secondary N) is 1. The molecule has 1 aliphatic rings. The van der Waals surface area contributed by atoms with Crippen LogP contribution in [0.15, 0.2) is 47.4 Å². The fraction of sp³-hybridized carbons (Fsp3) is 0.150. The van der Waals surface area contributed by atoms with E-state index in [1.165, 1.54) is 42.5 Å². The van der Waals surface area contributed by atoms with Crippen molar-refractivity contribution in [3.63, 3.8) is 0 Å². The highest BCUT2D eigenvalue weighted by atomic mass is 32.2.